The van der Waals surface area contributed by atoms with E-state index in [0.717, 1.165) is 11.8 Å². The molecule has 2 aromatic rings. The maximum atomic E-state index is 12.1. The molecule has 1 aromatic heterocycles. The lowest BCUT2D eigenvalue weighted by atomic mass is 10.0. The number of carbonyl (C=O) groups excluding carboxylic acids is 1. The van der Waals surface area contributed by atoms with Crippen molar-refractivity contribution in [3.8, 4) is 0 Å². The van der Waals surface area contributed by atoms with Crippen molar-refractivity contribution in [2.45, 2.75) is 19.8 Å². The fourth-order valence-corrected chi connectivity index (χ4v) is 2.30. The molecule has 5 nitrogen and oxygen atoms in total. The monoisotopic (exact) mass is 288 g/mol. The van der Waals surface area contributed by atoms with Crippen LogP contribution in [0.2, 0.25) is 0 Å². The Kier molecular flexibility index (Phi) is 5.11. The molecular formula is C16H20N2O3. The lowest BCUT2D eigenvalue weighted by Crippen LogP contribution is -2.31. The summed E-state index contributed by atoms with van der Waals surface area (Å²) in [7, 11) is 0. The fourth-order valence-electron chi connectivity index (χ4n) is 2.30. The van der Waals surface area contributed by atoms with E-state index >= 15 is 0 Å². The zero-order valence-electron chi connectivity index (χ0n) is 12.1. The Morgan fingerprint density at radius 2 is 2.14 bits per heavy atom. The topological polar surface area (TPSA) is 82.2 Å². The molecule has 2 rings (SSSR count). The second kappa shape index (κ2) is 7.04. The molecule has 0 spiro atoms. The number of carbonyl (C=O) groups is 1. The third-order valence-electron chi connectivity index (χ3n) is 3.66. The molecule has 0 aliphatic carbocycles. The van der Waals surface area contributed by atoms with Gasteiger partial charge in [0.2, 0.25) is 0 Å². The van der Waals surface area contributed by atoms with E-state index < -0.39 is 0 Å². The Bertz CT molecular complexity index is 679. The number of H-pyrrole nitrogens is 1. The van der Waals surface area contributed by atoms with Crippen molar-refractivity contribution in [2.75, 3.05) is 13.2 Å². The van der Waals surface area contributed by atoms with Crippen LogP contribution in [0.15, 0.2) is 35.1 Å². The van der Waals surface area contributed by atoms with E-state index in [-0.39, 0.29) is 29.7 Å². The second-order valence-corrected chi connectivity index (χ2v) is 5.10. The molecule has 21 heavy (non-hydrogen) atoms. The molecule has 0 saturated heterocycles. The molecule has 0 aliphatic heterocycles. The Hall–Kier alpha value is -2.14. The van der Waals surface area contributed by atoms with Crippen LogP contribution in [0.5, 0.6) is 0 Å². The van der Waals surface area contributed by atoms with Crippen molar-refractivity contribution in [1.29, 1.82) is 0 Å². The van der Waals surface area contributed by atoms with Crippen LogP contribution in [0.3, 0.4) is 0 Å². The highest BCUT2D eigenvalue weighted by Gasteiger charge is 2.12. The predicted octanol–water partition coefficient (Wildman–Crippen LogP) is 1.67. The number of nitrogens with one attached hydrogen (secondary N) is 2. The van der Waals surface area contributed by atoms with Gasteiger partial charge in [0.15, 0.2) is 0 Å². The molecule has 1 unspecified atom stereocenters. The smallest absolute Gasteiger partial charge is 0.267 e. The molecule has 0 saturated carbocycles. The summed E-state index contributed by atoms with van der Waals surface area (Å²) in [5, 5.41) is 13.1. The third kappa shape index (κ3) is 3.70. The van der Waals surface area contributed by atoms with Crippen molar-refractivity contribution >= 4 is 16.7 Å². The number of aromatic nitrogens is 1. The summed E-state index contributed by atoms with van der Waals surface area (Å²) in [5.74, 6) is -0.0552. The van der Waals surface area contributed by atoms with E-state index in [1.165, 1.54) is 0 Å². The maximum absolute atomic E-state index is 12.1. The number of aliphatic hydroxyl groups is 1. The molecule has 1 amide bonds. The van der Waals surface area contributed by atoms with Crippen molar-refractivity contribution in [1.82, 2.24) is 10.3 Å². The van der Waals surface area contributed by atoms with Crippen LogP contribution in [-0.4, -0.2) is 29.1 Å². The maximum Gasteiger partial charge on any atom is 0.267 e. The van der Waals surface area contributed by atoms with E-state index in [4.69, 9.17) is 5.11 Å². The minimum Gasteiger partial charge on any atom is -0.396 e. The molecule has 0 bridgehead atoms. The normalized spacial score (nSPS) is 12.3. The van der Waals surface area contributed by atoms with Crippen LogP contribution < -0.4 is 10.9 Å². The highest BCUT2D eigenvalue weighted by molar-refractivity contribution is 5.96. The van der Waals surface area contributed by atoms with Crippen LogP contribution in [-0.2, 0) is 0 Å². The first-order valence-corrected chi connectivity index (χ1v) is 7.16. The first kappa shape index (κ1) is 15.3. The molecule has 0 aliphatic rings. The molecule has 1 aromatic carbocycles. The zero-order chi connectivity index (χ0) is 15.2. The van der Waals surface area contributed by atoms with Crippen LogP contribution in [0.25, 0.3) is 10.8 Å². The van der Waals surface area contributed by atoms with Crippen molar-refractivity contribution < 1.29 is 9.90 Å². The number of pyridine rings is 1. The largest absolute Gasteiger partial charge is 0.396 e. The van der Waals surface area contributed by atoms with Gasteiger partial charge in [0, 0.05) is 18.5 Å². The number of hydrogen-bond donors (Lipinski definition) is 3. The van der Waals surface area contributed by atoms with Crippen molar-refractivity contribution in [3.05, 3.63) is 46.4 Å². The minimum atomic E-state index is -0.297. The van der Waals surface area contributed by atoms with E-state index in [9.17, 15) is 9.59 Å². The number of amides is 1. The van der Waals surface area contributed by atoms with E-state index in [2.05, 4.69) is 10.3 Å². The summed E-state index contributed by atoms with van der Waals surface area (Å²) < 4.78 is 0. The molecule has 112 valence electrons. The molecule has 1 heterocycles. The first-order chi connectivity index (χ1) is 10.2. The van der Waals surface area contributed by atoms with Gasteiger partial charge in [-0.05, 0) is 29.9 Å². The summed E-state index contributed by atoms with van der Waals surface area (Å²) in [4.78, 5) is 26.7. The van der Waals surface area contributed by atoms with Gasteiger partial charge in [-0.15, -0.1) is 0 Å². The molecule has 0 radical (unpaired) electrons. The van der Waals surface area contributed by atoms with Crippen LogP contribution in [0, 0.1) is 5.92 Å². The summed E-state index contributed by atoms with van der Waals surface area (Å²) >= 11 is 0. The SMILES string of the molecule is CCC(CCO)CNC(=O)c1cc2ccccc2c(=O)[nH]1. The predicted molar refractivity (Wildman–Crippen MR) is 82.4 cm³/mol. The van der Waals surface area contributed by atoms with Gasteiger partial charge in [-0.3, -0.25) is 9.59 Å². The van der Waals surface area contributed by atoms with Gasteiger partial charge < -0.3 is 15.4 Å². The van der Waals surface area contributed by atoms with Crippen molar-refractivity contribution in [3.63, 3.8) is 0 Å². The summed E-state index contributed by atoms with van der Waals surface area (Å²) in [6.45, 7) is 2.62. The van der Waals surface area contributed by atoms with Gasteiger partial charge in [0.25, 0.3) is 11.5 Å². The Labute approximate surface area is 123 Å². The Morgan fingerprint density at radius 3 is 2.86 bits per heavy atom. The fraction of sp³-hybridized carbons (Fsp3) is 0.375. The second-order valence-electron chi connectivity index (χ2n) is 5.10. The quantitative estimate of drug-likeness (QED) is 0.756. The first-order valence-electron chi connectivity index (χ1n) is 7.16. The number of aromatic amines is 1. The number of aliphatic hydroxyl groups excluding tert-OH is 1. The van der Waals surface area contributed by atoms with Crippen LogP contribution in [0.1, 0.15) is 30.3 Å². The highest BCUT2D eigenvalue weighted by Crippen LogP contribution is 2.10. The van der Waals surface area contributed by atoms with Crippen LogP contribution in [0.4, 0.5) is 0 Å². The van der Waals surface area contributed by atoms with E-state index in [1.54, 1.807) is 18.2 Å². The Balaban J connectivity index is 2.14. The van der Waals surface area contributed by atoms with E-state index in [1.807, 2.05) is 19.1 Å². The molecule has 3 N–H and O–H groups in total. The summed E-state index contributed by atoms with van der Waals surface area (Å²) in [6.07, 6.45) is 1.54. The standard InChI is InChI=1S/C16H20N2O3/c1-2-11(7-8-19)10-17-16(21)14-9-12-5-3-4-6-13(12)15(20)18-14/h3-6,9,11,19H,2,7-8,10H2,1H3,(H,17,21)(H,18,20). The molecule has 0 fully saturated rings. The number of fused-ring (bicyclic) bond motifs is 1. The molecular weight excluding hydrogens is 268 g/mol. The van der Waals surface area contributed by atoms with Gasteiger partial charge in [-0.1, -0.05) is 31.5 Å². The lowest BCUT2D eigenvalue weighted by molar-refractivity contribution is 0.0938. The van der Waals surface area contributed by atoms with Gasteiger partial charge in [0.05, 0.1) is 0 Å². The third-order valence-corrected chi connectivity index (χ3v) is 3.66. The number of rotatable bonds is 6. The van der Waals surface area contributed by atoms with Crippen molar-refractivity contribution in [2.24, 2.45) is 5.92 Å². The number of hydrogen-bond acceptors (Lipinski definition) is 3. The van der Waals surface area contributed by atoms with Gasteiger partial charge in [0.1, 0.15) is 5.69 Å². The highest BCUT2D eigenvalue weighted by atomic mass is 16.3. The lowest BCUT2D eigenvalue weighted by Gasteiger charge is -2.14. The summed E-state index contributed by atoms with van der Waals surface area (Å²) in [5.41, 5.74) is -0.00167. The van der Waals surface area contributed by atoms with E-state index in [0.29, 0.717) is 18.4 Å². The van der Waals surface area contributed by atoms with Gasteiger partial charge >= 0.3 is 0 Å². The molecule has 5 heteroatoms. The molecule has 1 atom stereocenters. The van der Waals surface area contributed by atoms with Gasteiger partial charge in [-0.25, -0.2) is 0 Å². The van der Waals surface area contributed by atoms with Crippen LogP contribution >= 0.6 is 0 Å². The average Bonchev–Trinajstić information content (AvgIpc) is 2.51. The zero-order valence-corrected chi connectivity index (χ0v) is 12.1. The summed E-state index contributed by atoms with van der Waals surface area (Å²) in [6, 6.07) is 8.83. The Morgan fingerprint density at radius 1 is 1.38 bits per heavy atom. The number of benzene rings is 1. The average molecular weight is 288 g/mol. The minimum absolute atomic E-state index is 0.112. The van der Waals surface area contributed by atoms with Gasteiger partial charge in [-0.2, -0.15) is 0 Å².